The van der Waals surface area contributed by atoms with Crippen LogP contribution in [-0.4, -0.2) is 50.5 Å². The highest BCUT2D eigenvalue weighted by Gasteiger charge is 2.26. The molecule has 0 spiro atoms. The fraction of sp³-hybridized carbons (Fsp3) is 0.391. The molecule has 2 aromatic rings. The highest BCUT2D eigenvalue weighted by atomic mass is 35.5. The average Bonchev–Trinajstić information content (AvgIpc) is 2.74. The lowest BCUT2D eigenvalue weighted by molar-refractivity contribution is -0.140. The molecule has 0 saturated heterocycles. The van der Waals surface area contributed by atoms with E-state index in [-0.39, 0.29) is 37.7 Å². The van der Waals surface area contributed by atoms with Crippen molar-refractivity contribution in [1.29, 1.82) is 0 Å². The molecule has 0 bridgehead atoms. The summed E-state index contributed by atoms with van der Waals surface area (Å²) in [5.41, 5.74) is 1.09. The molecule has 1 N–H and O–H groups in total. The maximum atomic E-state index is 13.2. The second kappa shape index (κ2) is 12.0. The van der Waals surface area contributed by atoms with Gasteiger partial charge in [-0.25, -0.2) is 12.8 Å². The molecule has 0 aliphatic heterocycles. The first kappa shape index (κ1) is 26.6. The van der Waals surface area contributed by atoms with Crippen LogP contribution in [-0.2, 0) is 26.2 Å². The van der Waals surface area contributed by atoms with Crippen LogP contribution < -0.4 is 9.62 Å². The van der Waals surface area contributed by atoms with E-state index >= 15 is 0 Å². The van der Waals surface area contributed by atoms with Gasteiger partial charge in [0.2, 0.25) is 21.8 Å². The van der Waals surface area contributed by atoms with Crippen molar-refractivity contribution in [3.63, 3.8) is 0 Å². The predicted octanol–water partition coefficient (Wildman–Crippen LogP) is 3.58. The molecular weight excluding hydrogens is 469 g/mol. The Labute approximate surface area is 199 Å². The van der Waals surface area contributed by atoms with Gasteiger partial charge in [-0.1, -0.05) is 23.7 Å². The van der Waals surface area contributed by atoms with Gasteiger partial charge in [0.25, 0.3) is 0 Å². The average molecular weight is 498 g/mol. The number of anilines is 1. The lowest BCUT2D eigenvalue weighted by atomic mass is 10.1. The van der Waals surface area contributed by atoms with Crippen LogP contribution in [0, 0.1) is 5.82 Å². The van der Waals surface area contributed by atoms with Gasteiger partial charge >= 0.3 is 0 Å². The smallest absolute Gasteiger partial charge is 0.242 e. The van der Waals surface area contributed by atoms with Crippen molar-refractivity contribution in [2.45, 2.75) is 39.3 Å². The molecule has 2 aromatic carbocycles. The molecule has 0 radical (unpaired) electrons. The number of nitrogens with zero attached hydrogens (tertiary/aromatic N) is 2. The molecule has 0 saturated carbocycles. The van der Waals surface area contributed by atoms with E-state index in [1.165, 1.54) is 29.2 Å². The zero-order chi connectivity index (χ0) is 24.6. The van der Waals surface area contributed by atoms with Crippen LogP contribution in [0.15, 0.2) is 48.5 Å². The van der Waals surface area contributed by atoms with Crippen LogP contribution in [0.3, 0.4) is 0 Å². The summed E-state index contributed by atoms with van der Waals surface area (Å²) in [6.45, 7) is 4.10. The second-order valence-electron chi connectivity index (χ2n) is 7.64. The third-order valence-electron chi connectivity index (χ3n) is 5.03. The van der Waals surface area contributed by atoms with Gasteiger partial charge in [0, 0.05) is 31.1 Å². The molecule has 2 amide bonds. The summed E-state index contributed by atoms with van der Waals surface area (Å²) in [4.78, 5) is 27.0. The van der Waals surface area contributed by atoms with E-state index in [9.17, 15) is 22.4 Å². The molecule has 0 aliphatic carbocycles. The molecular formula is C23H29ClFN3O4S. The van der Waals surface area contributed by atoms with Gasteiger partial charge < -0.3 is 10.2 Å². The Morgan fingerprint density at radius 1 is 1.15 bits per heavy atom. The Hall–Kier alpha value is -2.65. The first-order valence-corrected chi connectivity index (χ1v) is 12.8. The Morgan fingerprint density at radius 2 is 1.82 bits per heavy atom. The van der Waals surface area contributed by atoms with Crippen LogP contribution >= 0.6 is 11.6 Å². The van der Waals surface area contributed by atoms with Crippen molar-refractivity contribution in [1.82, 2.24) is 10.2 Å². The summed E-state index contributed by atoms with van der Waals surface area (Å²) >= 11 is 6.06. The Kier molecular flexibility index (Phi) is 9.67. The van der Waals surface area contributed by atoms with Crippen LogP contribution in [0.4, 0.5) is 10.1 Å². The normalized spacial score (nSPS) is 12.2. The number of likely N-dealkylation sites (N-methyl/N-ethyl adjacent to an activating group) is 1. The molecule has 2 rings (SSSR count). The number of hydrogen-bond donors (Lipinski definition) is 1. The van der Waals surface area contributed by atoms with Crippen molar-refractivity contribution in [2.24, 2.45) is 0 Å². The Bertz CT molecular complexity index is 1060. The first-order valence-electron chi connectivity index (χ1n) is 10.6. The molecule has 0 unspecified atom stereocenters. The summed E-state index contributed by atoms with van der Waals surface area (Å²) in [6, 6.07) is 11.4. The lowest BCUT2D eigenvalue weighted by Crippen LogP contribution is -2.47. The van der Waals surface area contributed by atoms with Gasteiger partial charge in [0.15, 0.2) is 0 Å². The first-order chi connectivity index (χ1) is 15.5. The standard InChI is InChI=1S/C23H29ClFN3O4S/c1-4-26-23(30)17(2)27(16-18-7-5-8-19(24)15-18)22(29)9-6-14-28(33(3,31)32)21-12-10-20(25)11-13-21/h5,7-8,10-13,15,17H,4,6,9,14,16H2,1-3H3,(H,26,30)/t17-/m0/s1. The van der Waals surface area contributed by atoms with E-state index in [1.54, 1.807) is 32.0 Å². The zero-order valence-electron chi connectivity index (χ0n) is 18.9. The number of rotatable bonds is 11. The number of halogens is 2. The molecule has 180 valence electrons. The fourth-order valence-corrected chi connectivity index (χ4v) is 4.53. The van der Waals surface area contributed by atoms with Crippen LogP contribution in [0.25, 0.3) is 0 Å². The summed E-state index contributed by atoms with van der Waals surface area (Å²) in [5.74, 6) is -1.04. The Balaban J connectivity index is 2.14. The number of carbonyl (C=O) groups is 2. The minimum absolute atomic E-state index is 0.0253. The van der Waals surface area contributed by atoms with Gasteiger partial charge in [-0.3, -0.25) is 13.9 Å². The number of amides is 2. The molecule has 0 aromatic heterocycles. The second-order valence-corrected chi connectivity index (χ2v) is 9.98. The number of carbonyl (C=O) groups excluding carboxylic acids is 2. The monoisotopic (exact) mass is 497 g/mol. The summed E-state index contributed by atoms with van der Waals surface area (Å²) in [6.07, 6.45) is 1.30. The van der Waals surface area contributed by atoms with Gasteiger partial charge in [0.05, 0.1) is 11.9 Å². The van der Waals surface area contributed by atoms with E-state index < -0.39 is 21.9 Å². The maximum absolute atomic E-state index is 13.2. The number of sulfonamides is 1. The highest BCUT2D eigenvalue weighted by molar-refractivity contribution is 7.92. The molecule has 10 heteroatoms. The van der Waals surface area contributed by atoms with Crippen LogP contribution in [0.5, 0.6) is 0 Å². The molecule has 0 fully saturated rings. The molecule has 7 nitrogen and oxygen atoms in total. The van der Waals surface area contributed by atoms with Gasteiger partial charge in [-0.15, -0.1) is 0 Å². The van der Waals surface area contributed by atoms with Crippen LogP contribution in [0.1, 0.15) is 32.3 Å². The molecule has 0 heterocycles. The zero-order valence-corrected chi connectivity index (χ0v) is 20.5. The van der Waals surface area contributed by atoms with Crippen molar-refractivity contribution < 1.29 is 22.4 Å². The highest BCUT2D eigenvalue weighted by Crippen LogP contribution is 2.20. The number of nitrogens with one attached hydrogen (secondary N) is 1. The summed E-state index contributed by atoms with van der Waals surface area (Å²) in [5, 5.41) is 3.24. The number of hydrogen-bond acceptors (Lipinski definition) is 4. The summed E-state index contributed by atoms with van der Waals surface area (Å²) < 4.78 is 38.8. The lowest BCUT2D eigenvalue weighted by Gasteiger charge is -2.29. The van der Waals surface area contributed by atoms with Gasteiger partial charge in [-0.2, -0.15) is 0 Å². The van der Waals surface area contributed by atoms with Crippen molar-refractivity contribution in [3.8, 4) is 0 Å². The van der Waals surface area contributed by atoms with Crippen molar-refractivity contribution in [2.75, 3.05) is 23.7 Å². The maximum Gasteiger partial charge on any atom is 0.242 e. The van der Waals surface area contributed by atoms with E-state index in [1.807, 2.05) is 6.07 Å². The third-order valence-corrected chi connectivity index (χ3v) is 6.46. The summed E-state index contributed by atoms with van der Waals surface area (Å²) in [7, 11) is -3.63. The molecule has 0 aliphatic rings. The predicted molar refractivity (Wildman–Crippen MR) is 128 cm³/mol. The van der Waals surface area contributed by atoms with Crippen molar-refractivity contribution >= 4 is 39.1 Å². The molecule has 33 heavy (non-hydrogen) atoms. The minimum atomic E-state index is -3.63. The largest absolute Gasteiger partial charge is 0.355 e. The van der Waals surface area contributed by atoms with E-state index in [2.05, 4.69) is 5.32 Å². The van der Waals surface area contributed by atoms with E-state index in [0.29, 0.717) is 17.3 Å². The molecule has 1 atom stereocenters. The van der Waals surface area contributed by atoms with Crippen molar-refractivity contribution in [3.05, 3.63) is 64.9 Å². The minimum Gasteiger partial charge on any atom is -0.355 e. The van der Waals surface area contributed by atoms with Gasteiger partial charge in [0.1, 0.15) is 11.9 Å². The topological polar surface area (TPSA) is 86.8 Å². The van der Waals surface area contributed by atoms with E-state index in [0.717, 1.165) is 16.1 Å². The third kappa shape index (κ3) is 8.01. The van der Waals surface area contributed by atoms with E-state index in [4.69, 9.17) is 11.6 Å². The van der Waals surface area contributed by atoms with Gasteiger partial charge in [-0.05, 0) is 62.2 Å². The Morgan fingerprint density at radius 3 is 2.39 bits per heavy atom. The fourth-order valence-electron chi connectivity index (χ4n) is 3.35. The quantitative estimate of drug-likeness (QED) is 0.514. The van der Waals surface area contributed by atoms with Crippen LogP contribution in [0.2, 0.25) is 5.02 Å². The SMILES string of the molecule is CCNC(=O)[C@H](C)N(Cc1cccc(Cl)c1)C(=O)CCCN(c1ccc(F)cc1)S(C)(=O)=O. The number of benzene rings is 2.